The Morgan fingerprint density at radius 2 is 1.88 bits per heavy atom. The van der Waals surface area contributed by atoms with E-state index in [1.54, 1.807) is 36.4 Å². The van der Waals surface area contributed by atoms with Crippen molar-refractivity contribution in [1.82, 2.24) is 15.1 Å². The quantitative estimate of drug-likeness (QED) is 0.794. The molecule has 1 heterocycles. The summed E-state index contributed by atoms with van der Waals surface area (Å²) in [6.07, 6.45) is 0.742. The van der Waals surface area contributed by atoms with Gasteiger partial charge in [-0.15, -0.1) is 0 Å². The largest absolute Gasteiger partial charge is 0.348 e. The number of hydrogen-bond acceptors (Lipinski definition) is 3. The van der Waals surface area contributed by atoms with E-state index in [-0.39, 0.29) is 17.6 Å². The van der Waals surface area contributed by atoms with E-state index in [0.29, 0.717) is 16.6 Å². The second kappa shape index (κ2) is 6.84. The van der Waals surface area contributed by atoms with Crippen molar-refractivity contribution in [3.8, 4) is 5.69 Å². The Morgan fingerprint density at radius 1 is 1.20 bits per heavy atom. The fourth-order valence-corrected chi connectivity index (χ4v) is 2.50. The van der Waals surface area contributed by atoms with Crippen LogP contribution in [0.25, 0.3) is 16.6 Å². The monoisotopic (exact) mass is 339 g/mol. The van der Waals surface area contributed by atoms with Crippen LogP contribution in [-0.4, -0.2) is 21.7 Å². The molecular formula is C19H18FN3O2. The summed E-state index contributed by atoms with van der Waals surface area (Å²) < 4.78 is 14.7. The van der Waals surface area contributed by atoms with Crippen molar-refractivity contribution in [2.24, 2.45) is 0 Å². The molecule has 0 aliphatic heterocycles. The highest BCUT2D eigenvalue weighted by atomic mass is 19.1. The standard InChI is InChI=1S/C19H18FN3O2/c1-3-12(2)21-19(25)17-18(24)15-6-4-5-7-16(15)23(22-17)14-10-8-13(20)9-11-14/h4-12H,3H2,1-2H3,(H,21,25). The lowest BCUT2D eigenvalue weighted by Crippen LogP contribution is -2.36. The number of nitrogens with one attached hydrogen (secondary N) is 1. The van der Waals surface area contributed by atoms with Crippen LogP contribution >= 0.6 is 0 Å². The van der Waals surface area contributed by atoms with Crippen molar-refractivity contribution >= 4 is 16.8 Å². The molecule has 0 bridgehead atoms. The second-order valence-corrected chi connectivity index (χ2v) is 5.87. The fraction of sp³-hybridized carbons (Fsp3) is 0.211. The molecule has 25 heavy (non-hydrogen) atoms. The highest BCUT2D eigenvalue weighted by molar-refractivity contribution is 5.95. The van der Waals surface area contributed by atoms with E-state index < -0.39 is 11.3 Å². The normalized spacial score (nSPS) is 12.1. The zero-order valence-corrected chi connectivity index (χ0v) is 14.0. The minimum absolute atomic E-state index is 0.0700. The average Bonchev–Trinajstić information content (AvgIpc) is 2.63. The summed E-state index contributed by atoms with van der Waals surface area (Å²) in [5.41, 5.74) is 0.521. The molecule has 6 heteroatoms. The third kappa shape index (κ3) is 3.28. The molecule has 0 fully saturated rings. The molecule has 5 nitrogen and oxygen atoms in total. The van der Waals surface area contributed by atoms with Gasteiger partial charge < -0.3 is 5.32 Å². The second-order valence-electron chi connectivity index (χ2n) is 5.87. The highest BCUT2D eigenvalue weighted by Crippen LogP contribution is 2.16. The van der Waals surface area contributed by atoms with Gasteiger partial charge in [-0.1, -0.05) is 19.1 Å². The molecule has 1 amide bonds. The molecule has 0 spiro atoms. The molecule has 0 radical (unpaired) electrons. The number of hydrogen-bond donors (Lipinski definition) is 1. The van der Waals surface area contributed by atoms with Gasteiger partial charge in [0.05, 0.1) is 16.6 Å². The van der Waals surface area contributed by atoms with Gasteiger partial charge in [-0.2, -0.15) is 5.10 Å². The Morgan fingerprint density at radius 3 is 2.56 bits per heavy atom. The first-order valence-corrected chi connectivity index (χ1v) is 8.10. The van der Waals surface area contributed by atoms with E-state index in [1.807, 2.05) is 13.8 Å². The lowest BCUT2D eigenvalue weighted by Gasteiger charge is -2.14. The first kappa shape index (κ1) is 16.8. The van der Waals surface area contributed by atoms with Gasteiger partial charge in [-0.25, -0.2) is 9.07 Å². The summed E-state index contributed by atoms with van der Waals surface area (Å²) >= 11 is 0. The van der Waals surface area contributed by atoms with Gasteiger partial charge in [-0.3, -0.25) is 9.59 Å². The van der Waals surface area contributed by atoms with Gasteiger partial charge in [0.2, 0.25) is 5.43 Å². The van der Waals surface area contributed by atoms with Gasteiger partial charge in [0.25, 0.3) is 5.91 Å². The summed E-state index contributed by atoms with van der Waals surface area (Å²) in [6, 6.07) is 12.6. The fourth-order valence-electron chi connectivity index (χ4n) is 2.50. The smallest absolute Gasteiger partial charge is 0.276 e. The van der Waals surface area contributed by atoms with Crippen molar-refractivity contribution in [3.63, 3.8) is 0 Å². The van der Waals surface area contributed by atoms with E-state index in [9.17, 15) is 14.0 Å². The maximum atomic E-state index is 13.2. The highest BCUT2D eigenvalue weighted by Gasteiger charge is 2.19. The molecule has 1 unspecified atom stereocenters. The van der Waals surface area contributed by atoms with E-state index in [2.05, 4.69) is 10.4 Å². The number of nitrogens with zero attached hydrogens (tertiary/aromatic N) is 2. The minimum Gasteiger partial charge on any atom is -0.348 e. The number of amides is 1. The predicted octanol–water partition coefficient (Wildman–Crippen LogP) is 3.05. The number of aromatic nitrogens is 2. The number of halogens is 1. The van der Waals surface area contributed by atoms with Crippen LogP contribution in [0.15, 0.2) is 53.3 Å². The Labute approximate surface area is 144 Å². The molecule has 0 saturated heterocycles. The maximum Gasteiger partial charge on any atom is 0.276 e. The molecule has 0 aliphatic carbocycles. The molecular weight excluding hydrogens is 321 g/mol. The number of para-hydroxylation sites is 1. The number of carbonyl (C=O) groups is 1. The maximum absolute atomic E-state index is 13.2. The van der Waals surface area contributed by atoms with Crippen LogP contribution in [0.4, 0.5) is 4.39 Å². The van der Waals surface area contributed by atoms with Crippen LogP contribution in [0.3, 0.4) is 0 Å². The summed E-state index contributed by atoms with van der Waals surface area (Å²) in [5, 5.41) is 7.41. The van der Waals surface area contributed by atoms with Crippen LogP contribution in [0, 0.1) is 5.82 Å². The molecule has 1 aromatic heterocycles. The van der Waals surface area contributed by atoms with E-state index in [0.717, 1.165) is 6.42 Å². The third-order valence-electron chi connectivity index (χ3n) is 4.07. The molecule has 0 aliphatic rings. The Hall–Kier alpha value is -3.02. The molecule has 3 rings (SSSR count). The van der Waals surface area contributed by atoms with Gasteiger partial charge in [0.1, 0.15) is 5.82 Å². The first-order valence-electron chi connectivity index (χ1n) is 8.10. The van der Waals surface area contributed by atoms with Gasteiger partial charge in [-0.05, 0) is 49.7 Å². The number of benzene rings is 2. The van der Waals surface area contributed by atoms with Crippen LogP contribution in [0.1, 0.15) is 30.8 Å². The Balaban J connectivity index is 2.22. The lowest BCUT2D eigenvalue weighted by atomic mass is 10.1. The van der Waals surface area contributed by atoms with Crippen LogP contribution < -0.4 is 10.7 Å². The van der Waals surface area contributed by atoms with E-state index >= 15 is 0 Å². The van der Waals surface area contributed by atoms with E-state index in [4.69, 9.17) is 0 Å². The van der Waals surface area contributed by atoms with Crippen LogP contribution in [-0.2, 0) is 0 Å². The first-order chi connectivity index (χ1) is 12.0. The number of fused-ring (bicyclic) bond motifs is 1. The SMILES string of the molecule is CCC(C)NC(=O)c1nn(-c2ccc(F)cc2)c2ccccc2c1=O. The van der Waals surface area contributed by atoms with Gasteiger partial charge in [0.15, 0.2) is 5.69 Å². The Bertz CT molecular complexity index is 980. The van der Waals surface area contributed by atoms with E-state index in [1.165, 1.54) is 16.8 Å². The lowest BCUT2D eigenvalue weighted by molar-refractivity contribution is 0.0931. The average molecular weight is 339 g/mol. The van der Waals surface area contributed by atoms with Crippen LogP contribution in [0.2, 0.25) is 0 Å². The van der Waals surface area contributed by atoms with Crippen molar-refractivity contribution in [2.75, 3.05) is 0 Å². The molecule has 1 atom stereocenters. The minimum atomic E-state index is -0.513. The molecule has 1 N–H and O–H groups in total. The molecule has 0 saturated carbocycles. The predicted molar refractivity (Wildman–Crippen MR) is 94.5 cm³/mol. The topological polar surface area (TPSA) is 64.0 Å². The molecule has 128 valence electrons. The zero-order valence-electron chi connectivity index (χ0n) is 14.0. The summed E-state index contributed by atoms with van der Waals surface area (Å²) in [5.74, 6) is -0.884. The molecule has 2 aromatic carbocycles. The number of carbonyl (C=O) groups excluding carboxylic acids is 1. The van der Waals surface area contributed by atoms with Crippen molar-refractivity contribution < 1.29 is 9.18 Å². The van der Waals surface area contributed by atoms with Gasteiger partial charge >= 0.3 is 0 Å². The van der Waals surface area contributed by atoms with Crippen molar-refractivity contribution in [3.05, 3.63) is 70.3 Å². The molecule has 3 aromatic rings. The Kier molecular flexibility index (Phi) is 4.61. The summed E-state index contributed by atoms with van der Waals surface area (Å²) in [4.78, 5) is 25.1. The summed E-state index contributed by atoms with van der Waals surface area (Å²) in [7, 11) is 0. The van der Waals surface area contributed by atoms with Crippen molar-refractivity contribution in [2.45, 2.75) is 26.3 Å². The van der Waals surface area contributed by atoms with Crippen molar-refractivity contribution in [1.29, 1.82) is 0 Å². The van der Waals surface area contributed by atoms with Gasteiger partial charge in [0, 0.05) is 6.04 Å². The third-order valence-corrected chi connectivity index (χ3v) is 4.07. The zero-order chi connectivity index (χ0) is 18.0. The summed E-state index contributed by atoms with van der Waals surface area (Å²) in [6.45, 7) is 3.80. The number of rotatable bonds is 4. The van der Waals surface area contributed by atoms with Crippen LogP contribution in [0.5, 0.6) is 0 Å².